The maximum absolute atomic E-state index is 9.14. The Balaban J connectivity index is 1.92. The van der Waals surface area contributed by atoms with E-state index in [4.69, 9.17) is 28.3 Å². The number of hydrogen-bond acceptors (Lipinski definition) is 7. The van der Waals surface area contributed by atoms with Crippen LogP contribution in [-0.4, -0.2) is 63.7 Å². The molecule has 1 fully saturated rings. The Labute approximate surface area is 236 Å². The molecule has 0 spiro atoms. The zero-order valence-electron chi connectivity index (χ0n) is 25.6. The molecule has 2 heterocycles. The van der Waals surface area contributed by atoms with Gasteiger partial charge in [-0.1, -0.05) is 26.8 Å². The fourth-order valence-electron chi connectivity index (χ4n) is 4.17. The first-order valence-electron chi connectivity index (χ1n) is 14.0. The normalized spacial score (nSPS) is 17.8. The number of aliphatic hydroxyl groups is 1. The van der Waals surface area contributed by atoms with Gasteiger partial charge in [-0.05, 0) is 81.5 Å². The van der Waals surface area contributed by atoms with Gasteiger partial charge in [0, 0.05) is 43.5 Å². The maximum Gasteiger partial charge on any atom is 0.458 e. The van der Waals surface area contributed by atoms with E-state index in [0.717, 1.165) is 16.7 Å². The molecule has 1 aliphatic heterocycles. The third-order valence-electron chi connectivity index (χ3n) is 8.52. The monoisotopic (exact) mass is 557 g/mol. The Morgan fingerprint density at radius 1 is 1.00 bits per heavy atom. The van der Waals surface area contributed by atoms with Crippen LogP contribution in [0.25, 0.3) is 11.1 Å². The molecule has 2 aromatic rings. The van der Waals surface area contributed by atoms with Crippen LogP contribution in [0.2, 0.25) is 24.5 Å². The number of rotatable bonds is 12. The van der Waals surface area contributed by atoms with Crippen LogP contribution in [0.5, 0.6) is 11.5 Å². The Hall–Kier alpha value is -1.91. The van der Waals surface area contributed by atoms with Crippen molar-refractivity contribution >= 4 is 15.4 Å². The van der Waals surface area contributed by atoms with Crippen LogP contribution in [0.3, 0.4) is 0 Å². The summed E-state index contributed by atoms with van der Waals surface area (Å²) < 4.78 is 30.9. The molecule has 0 amide bonds. The Morgan fingerprint density at radius 3 is 2.26 bits per heavy atom. The van der Waals surface area contributed by atoms with Crippen molar-refractivity contribution in [3.8, 4) is 22.6 Å². The molecule has 9 heteroatoms. The predicted molar refractivity (Wildman–Crippen MR) is 160 cm³/mol. The molecule has 3 rings (SSSR count). The molecule has 1 aliphatic rings. The number of ether oxygens (including phenoxy) is 2. The number of pyridine rings is 1. The lowest BCUT2D eigenvalue weighted by Crippen LogP contribution is -2.42. The topological polar surface area (TPSA) is 79.3 Å². The zero-order valence-corrected chi connectivity index (χ0v) is 26.6. The molecular formula is C30H48BNO6Si. The van der Waals surface area contributed by atoms with Crippen LogP contribution in [0.4, 0.5) is 0 Å². The average molecular weight is 558 g/mol. The van der Waals surface area contributed by atoms with Crippen molar-refractivity contribution in [3.05, 3.63) is 42.2 Å². The fraction of sp³-hybridized carbons (Fsp3) is 0.633. The molecule has 0 bridgehead atoms. The lowest BCUT2D eigenvalue weighted by molar-refractivity contribution is 0.00578. The highest BCUT2D eigenvalue weighted by Gasteiger charge is 2.51. The first-order chi connectivity index (χ1) is 18.1. The van der Waals surface area contributed by atoms with Gasteiger partial charge in [-0.3, -0.25) is 4.98 Å². The minimum Gasteiger partial charge on any atom is -0.493 e. The predicted octanol–water partition coefficient (Wildman–Crippen LogP) is 6.72. The standard InChI is InChI=1S/C30H48BNO6Si/c1-28(2,3)39(9,10)36-21-25(18-31-37-29(4,5)30(6,7)38-31)24-16-23(19-32-20-24)22-12-13-26(34-8)27(17-22)35-15-11-14-33/h12-13,16-17,19-20,25,33H,11,14-15,18,21H2,1-10H3. The SMILES string of the molecule is COc1ccc(-c2cncc(C(CO[Si](C)(C)C(C)(C)C)CB3OC(C)(C)C(C)(C)O3)c2)cc1OCCCO. The van der Waals surface area contributed by atoms with Crippen molar-refractivity contribution < 1.29 is 28.3 Å². The molecule has 1 N–H and O–H groups in total. The summed E-state index contributed by atoms with van der Waals surface area (Å²) in [6.45, 7) is 20.7. The van der Waals surface area contributed by atoms with E-state index in [1.807, 2.05) is 30.6 Å². The third-order valence-corrected chi connectivity index (χ3v) is 13.0. The number of aliphatic hydroxyl groups excluding tert-OH is 1. The van der Waals surface area contributed by atoms with E-state index in [1.165, 1.54) is 0 Å². The van der Waals surface area contributed by atoms with Crippen LogP contribution < -0.4 is 9.47 Å². The molecule has 1 saturated heterocycles. The number of hydrogen-bond donors (Lipinski definition) is 1. The van der Waals surface area contributed by atoms with E-state index in [1.54, 1.807) is 7.11 Å². The van der Waals surface area contributed by atoms with Gasteiger partial charge in [0.15, 0.2) is 19.8 Å². The van der Waals surface area contributed by atoms with E-state index in [2.05, 4.69) is 72.6 Å². The highest BCUT2D eigenvalue weighted by molar-refractivity contribution is 6.74. The summed E-state index contributed by atoms with van der Waals surface area (Å²) in [7, 11) is -0.685. The highest BCUT2D eigenvalue weighted by atomic mass is 28.4. The second-order valence-electron chi connectivity index (χ2n) is 13.0. The third kappa shape index (κ3) is 7.64. The number of nitrogens with zero attached hydrogens (tertiary/aromatic N) is 1. The van der Waals surface area contributed by atoms with Gasteiger partial charge in [0.1, 0.15) is 0 Å². The number of benzene rings is 1. The molecule has 0 aliphatic carbocycles. The Kier molecular flexibility index (Phi) is 9.98. The lowest BCUT2D eigenvalue weighted by Gasteiger charge is -2.37. The summed E-state index contributed by atoms with van der Waals surface area (Å²) in [5, 5.41) is 9.25. The van der Waals surface area contributed by atoms with Crippen LogP contribution >= 0.6 is 0 Å². The fourth-order valence-corrected chi connectivity index (χ4v) is 5.22. The molecule has 1 atom stereocenters. The Morgan fingerprint density at radius 2 is 1.67 bits per heavy atom. The summed E-state index contributed by atoms with van der Waals surface area (Å²) >= 11 is 0. The molecule has 1 aromatic carbocycles. The first-order valence-corrected chi connectivity index (χ1v) is 16.9. The van der Waals surface area contributed by atoms with Gasteiger partial charge < -0.3 is 28.3 Å². The van der Waals surface area contributed by atoms with Gasteiger partial charge in [0.2, 0.25) is 0 Å². The molecule has 0 radical (unpaired) electrons. The van der Waals surface area contributed by atoms with Gasteiger partial charge in [0.05, 0.1) is 24.9 Å². The van der Waals surface area contributed by atoms with E-state index in [-0.39, 0.29) is 24.7 Å². The maximum atomic E-state index is 9.14. The lowest BCUT2D eigenvalue weighted by atomic mass is 9.75. The summed E-state index contributed by atoms with van der Waals surface area (Å²) in [6, 6.07) is 8.05. The van der Waals surface area contributed by atoms with Crippen molar-refractivity contribution in [1.82, 2.24) is 4.98 Å². The zero-order chi connectivity index (χ0) is 29.1. The van der Waals surface area contributed by atoms with E-state index in [9.17, 15) is 0 Å². The molecule has 0 saturated carbocycles. The van der Waals surface area contributed by atoms with Crippen molar-refractivity contribution in [3.63, 3.8) is 0 Å². The minimum atomic E-state index is -1.97. The van der Waals surface area contributed by atoms with Gasteiger partial charge >= 0.3 is 7.12 Å². The van der Waals surface area contributed by atoms with Crippen molar-refractivity contribution in [1.29, 1.82) is 0 Å². The van der Waals surface area contributed by atoms with Crippen LogP contribution in [0, 0.1) is 0 Å². The van der Waals surface area contributed by atoms with Gasteiger partial charge in [-0.25, -0.2) is 0 Å². The van der Waals surface area contributed by atoms with Crippen LogP contribution in [-0.2, 0) is 13.7 Å². The molecule has 7 nitrogen and oxygen atoms in total. The van der Waals surface area contributed by atoms with Gasteiger partial charge in [-0.15, -0.1) is 0 Å². The molecule has 39 heavy (non-hydrogen) atoms. The summed E-state index contributed by atoms with van der Waals surface area (Å²) in [6.07, 6.45) is 5.02. The second-order valence-corrected chi connectivity index (χ2v) is 17.8. The minimum absolute atomic E-state index is 0.0415. The van der Waals surface area contributed by atoms with Crippen molar-refractivity contribution in [2.24, 2.45) is 0 Å². The number of aromatic nitrogens is 1. The molecule has 1 aromatic heterocycles. The van der Waals surface area contributed by atoms with E-state index < -0.39 is 19.5 Å². The van der Waals surface area contributed by atoms with Crippen LogP contribution in [0.1, 0.15) is 66.4 Å². The second kappa shape index (κ2) is 12.3. The molecule has 216 valence electrons. The quantitative estimate of drug-likeness (QED) is 0.229. The molecule has 1 unspecified atom stereocenters. The van der Waals surface area contributed by atoms with E-state index >= 15 is 0 Å². The van der Waals surface area contributed by atoms with Gasteiger partial charge in [-0.2, -0.15) is 0 Å². The van der Waals surface area contributed by atoms with Crippen molar-refractivity contribution in [2.75, 3.05) is 26.9 Å². The summed E-state index contributed by atoms with van der Waals surface area (Å²) in [5.41, 5.74) is 2.26. The summed E-state index contributed by atoms with van der Waals surface area (Å²) in [4.78, 5) is 4.62. The summed E-state index contributed by atoms with van der Waals surface area (Å²) in [5.74, 6) is 1.34. The number of methoxy groups -OCH3 is 1. The average Bonchev–Trinajstić information content (AvgIpc) is 3.06. The van der Waals surface area contributed by atoms with Crippen LogP contribution in [0.15, 0.2) is 36.7 Å². The Bertz CT molecular complexity index is 1090. The molecular weight excluding hydrogens is 509 g/mol. The van der Waals surface area contributed by atoms with E-state index in [0.29, 0.717) is 37.5 Å². The highest BCUT2D eigenvalue weighted by Crippen LogP contribution is 2.42. The van der Waals surface area contributed by atoms with Crippen molar-refractivity contribution in [2.45, 2.75) is 96.5 Å². The largest absolute Gasteiger partial charge is 0.493 e. The van der Waals surface area contributed by atoms with Gasteiger partial charge in [0.25, 0.3) is 0 Å². The smallest absolute Gasteiger partial charge is 0.458 e. The first kappa shape index (κ1) is 31.6.